The molecular weight excluding hydrogens is 228 g/mol. The molecule has 0 bridgehead atoms. The maximum atomic E-state index is 11.4. The average molecular weight is 244 g/mol. The monoisotopic (exact) mass is 244 g/mol. The highest BCUT2D eigenvalue weighted by molar-refractivity contribution is 5.80. The van der Waals surface area contributed by atoms with Gasteiger partial charge in [0.2, 0.25) is 5.91 Å². The molecule has 18 heavy (non-hydrogen) atoms. The fourth-order valence-electron chi connectivity index (χ4n) is 1.96. The van der Waals surface area contributed by atoms with Crippen molar-refractivity contribution < 1.29 is 4.79 Å². The number of amides is 1. The van der Waals surface area contributed by atoms with Gasteiger partial charge in [-0.05, 0) is 25.0 Å². The van der Waals surface area contributed by atoms with Crippen molar-refractivity contribution >= 4 is 17.4 Å². The van der Waals surface area contributed by atoms with Gasteiger partial charge in [0.1, 0.15) is 11.5 Å². The Balaban J connectivity index is 1.53. The van der Waals surface area contributed by atoms with Crippen LogP contribution in [-0.4, -0.2) is 28.4 Å². The summed E-state index contributed by atoms with van der Waals surface area (Å²) in [4.78, 5) is 15.7. The molecule has 94 valence electrons. The number of carbonyl (C=O) groups is 1. The molecule has 1 fully saturated rings. The minimum absolute atomic E-state index is 0.192. The minimum Gasteiger partial charge on any atom is -0.369 e. The number of fused-ring (bicyclic) bond motifs is 1. The van der Waals surface area contributed by atoms with Gasteiger partial charge in [0, 0.05) is 31.4 Å². The van der Waals surface area contributed by atoms with Gasteiger partial charge in [-0.25, -0.2) is 4.98 Å². The molecule has 1 saturated carbocycles. The van der Waals surface area contributed by atoms with Crippen molar-refractivity contribution in [3.8, 4) is 0 Å². The van der Waals surface area contributed by atoms with Crippen LogP contribution in [-0.2, 0) is 4.79 Å². The summed E-state index contributed by atoms with van der Waals surface area (Å²) in [5.41, 5.74) is 0.919. The smallest absolute Gasteiger partial charge is 0.223 e. The number of rotatable bonds is 5. The lowest BCUT2D eigenvalue weighted by atomic mass is 10.4. The Morgan fingerprint density at radius 2 is 2.28 bits per heavy atom. The van der Waals surface area contributed by atoms with Crippen LogP contribution < -0.4 is 10.6 Å². The molecule has 2 aromatic rings. The molecule has 5 heteroatoms. The summed E-state index contributed by atoms with van der Waals surface area (Å²) >= 11 is 0. The number of nitrogens with one attached hydrogen (secondary N) is 2. The maximum Gasteiger partial charge on any atom is 0.223 e. The van der Waals surface area contributed by atoms with E-state index in [0.29, 0.717) is 6.54 Å². The molecular formula is C13H16N4O. The summed E-state index contributed by atoms with van der Waals surface area (Å²) in [5.74, 6) is 1.46. The highest BCUT2D eigenvalue weighted by Gasteiger charge is 2.28. The number of imidazole rings is 1. The molecule has 5 nitrogen and oxygen atoms in total. The Bertz CT molecular complexity index is 559. The minimum atomic E-state index is 0.192. The molecule has 2 N–H and O–H groups in total. The molecule has 0 radical (unpaired) electrons. The van der Waals surface area contributed by atoms with E-state index in [-0.39, 0.29) is 11.8 Å². The first-order valence-corrected chi connectivity index (χ1v) is 6.28. The van der Waals surface area contributed by atoms with E-state index >= 15 is 0 Å². The zero-order valence-electron chi connectivity index (χ0n) is 10.1. The Kier molecular flexibility index (Phi) is 2.88. The van der Waals surface area contributed by atoms with Crippen LogP contribution >= 0.6 is 0 Å². The molecule has 0 aliphatic heterocycles. The number of anilines is 1. The molecule has 1 aliphatic carbocycles. The maximum absolute atomic E-state index is 11.4. The van der Waals surface area contributed by atoms with Gasteiger partial charge in [-0.15, -0.1) is 0 Å². The van der Waals surface area contributed by atoms with Crippen molar-refractivity contribution in [3.05, 3.63) is 30.6 Å². The van der Waals surface area contributed by atoms with Gasteiger partial charge < -0.3 is 10.6 Å². The number of hydrogen-bond acceptors (Lipinski definition) is 3. The molecule has 0 saturated heterocycles. The summed E-state index contributed by atoms with van der Waals surface area (Å²) in [5, 5.41) is 6.23. The number of carbonyl (C=O) groups excluding carboxylic acids is 1. The van der Waals surface area contributed by atoms with Crippen LogP contribution in [0.15, 0.2) is 30.6 Å². The third kappa shape index (κ3) is 2.30. The SMILES string of the molecule is O=C(NCCNc1cccc2nccn12)C1CC1. The van der Waals surface area contributed by atoms with E-state index in [0.717, 1.165) is 30.9 Å². The van der Waals surface area contributed by atoms with Crippen molar-refractivity contribution in [1.29, 1.82) is 0 Å². The molecule has 0 unspecified atom stereocenters. The molecule has 1 aliphatic rings. The highest BCUT2D eigenvalue weighted by Crippen LogP contribution is 2.28. The molecule has 3 rings (SSSR count). The number of pyridine rings is 1. The first-order chi connectivity index (χ1) is 8.84. The topological polar surface area (TPSA) is 58.4 Å². The summed E-state index contributed by atoms with van der Waals surface area (Å²) in [7, 11) is 0. The molecule has 0 atom stereocenters. The molecule has 2 heterocycles. The van der Waals surface area contributed by atoms with Gasteiger partial charge in [0.15, 0.2) is 0 Å². The van der Waals surface area contributed by atoms with Crippen LogP contribution in [0.25, 0.3) is 5.65 Å². The number of aromatic nitrogens is 2. The second kappa shape index (κ2) is 4.68. The van der Waals surface area contributed by atoms with Gasteiger partial charge in [0.25, 0.3) is 0 Å². The van der Waals surface area contributed by atoms with Gasteiger partial charge in [-0.1, -0.05) is 6.07 Å². The predicted octanol–water partition coefficient (Wildman–Crippen LogP) is 1.27. The lowest BCUT2D eigenvalue weighted by Crippen LogP contribution is -2.30. The summed E-state index contributed by atoms with van der Waals surface area (Å²) < 4.78 is 1.99. The van der Waals surface area contributed by atoms with Crippen LogP contribution in [0.1, 0.15) is 12.8 Å². The molecule has 0 spiro atoms. The molecule has 1 amide bonds. The van der Waals surface area contributed by atoms with Crippen LogP contribution in [0.4, 0.5) is 5.82 Å². The Labute approximate surface area is 105 Å². The van der Waals surface area contributed by atoms with E-state index in [1.54, 1.807) is 6.20 Å². The van der Waals surface area contributed by atoms with Crippen molar-refractivity contribution in [2.75, 3.05) is 18.4 Å². The van der Waals surface area contributed by atoms with Crippen molar-refractivity contribution in [1.82, 2.24) is 14.7 Å². The van der Waals surface area contributed by atoms with E-state index < -0.39 is 0 Å². The van der Waals surface area contributed by atoms with Gasteiger partial charge in [-0.2, -0.15) is 0 Å². The van der Waals surface area contributed by atoms with Crippen LogP contribution in [0.5, 0.6) is 0 Å². The summed E-state index contributed by atoms with van der Waals surface area (Å²) in [6, 6.07) is 5.92. The van der Waals surface area contributed by atoms with Crippen molar-refractivity contribution in [3.63, 3.8) is 0 Å². The lowest BCUT2D eigenvalue weighted by Gasteiger charge is -2.09. The Morgan fingerprint density at radius 3 is 3.11 bits per heavy atom. The fourth-order valence-corrected chi connectivity index (χ4v) is 1.96. The summed E-state index contributed by atoms with van der Waals surface area (Å²) in [6.07, 6.45) is 5.79. The largest absolute Gasteiger partial charge is 0.369 e. The second-order valence-corrected chi connectivity index (χ2v) is 4.56. The third-order valence-electron chi connectivity index (χ3n) is 3.11. The molecule has 0 aromatic carbocycles. The highest BCUT2D eigenvalue weighted by atomic mass is 16.2. The van der Waals surface area contributed by atoms with Crippen LogP contribution in [0.3, 0.4) is 0 Å². The first-order valence-electron chi connectivity index (χ1n) is 6.28. The fraction of sp³-hybridized carbons (Fsp3) is 0.385. The van der Waals surface area contributed by atoms with Crippen LogP contribution in [0, 0.1) is 5.92 Å². The van der Waals surface area contributed by atoms with Gasteiger partial charge >= 0.3 is 0 Å². The van der Waals surface area contributed by atoms with E-state index in [1.165, 1.54) is 0 Å². The number of nitrogens with zero attached hydrogens (tertiary/aromatic N) is 2. The first kappa shape index (κ1) is 11.1. The number of hydrogen-bond donors (Lipinski definition) is 2. The third-order valence-corrected chi connectivity index (χ3v) is 3.11. The predicted molar refractivity (Wildman–Crippen MR) is 69.4 cm³/mol. The van der Waals surface area contributed by atoms with E-state index in [2.05, 4.69) is 15.6 Å². The second-order valence-electron chi connectivity index (χ2n) is 4.56. The Morgan fingerprint density at radius 1 is 1.39 bits per heavy atom. The van der Waals surface area contributed by atoms with Gasteiger partial charge in [0.05, 0.1) is 0 Å². The molecule has 2 aromatic heterocycles. The van der Waals surface area contributed by atoms with Crippen molar-refractivity contribution in [2.45, 2.75) is 12.8 Å². The lowest BCUT2D eigenvalue weighted by molar-refractivity contribution is -0.122. The Hall–Kier alpha value is -2.04. The van der Waals surface area contributed by atoms with E-state index in [1.807, 2.05) is 28.8 Å². The van der Waals surface area contributed by atoms with Gasteiger partial charge in [-0.3, -0.25) is 9.20 Å². The zero-order chi connectivity index (χ0) is 12.4. The van der Waals surface area contributed by atoms with Crippen LogP contribution in [0.2, 0.25) is 0 Å². The van der Waals surface area contributed by atoms with E-state index in [9.17, 15) is 4.79 Å². The standard InChI is InChI=1S/C13H16N4O/c18-13(10-4-5-10)16-7-6-14-11-2-1-3-12-15-8-9-17(11)12/h1-3,8-10,14H,4-7H2,(H,16,18). The zero-order valence-corrected chi connectivity index (χ0v) is 10.1. The van der Waals surface area contributed by atoms with Crippen molar-refractivity contribution in [2.24, 2.45) is 5.92 Å². The normalized spacial score (nSPS) is 14.7. The quantitative estimate of drug-likeness (QED) is 0.779. The van der Waals surface area contributed by atoms with E-state index in [4.69, 9.17) is 0 Å². The average Bonchev–Trinajstić information content (AvgIpc) is 3.12. The summed E-state index contributed by atoms with van der Waals surface area (Å²) in [6.45, 7) is 1.37.